The molecule has 0 fully saturated rings. The molecule has 2 atom stereocenters. The molecule has 10 heteroatoms. The van der Waals surface area contributed by atoms with E-state index in [9.17, 15) is 19.0 Å². The van der Waals surface area contributed by atoms with E-state index in [1.165, 1.54) is 116 Å². The van der Waals surface area contributed by atoms with Crippen molar-refractivity contribution in [3.63, 3.8) is 0 Å². The van der Waals surface area contributed by atoms with Crippen molar-refractivity contribution >= 4 is 19.8 Å². The summed E-state index contributed by atoms with van der Waals surface area (Å²) >= 11 is 0. The fourth-order valence-corrected chi connectivity index (χ4v) is 6.80. The van der Waals surface area contributed by atoms with E-state index < -0.39 is 26.5 Å². The van der Waals surface area contributed by atoms with Crippen LogP contribution in [0.4, 0.5) is 0 Å². The second kappa shape index (κ2) is 40.2. The number of hydrogen-bond donors (Lipinski definition) is 2. The maximum absolute atomic E-state index is 12.6. The van der Waals surface area contributed by atoms with Gasteiger partial charge < -0.3 is 20.1 Å². The maximum atomic E-state index is 12.6. The van der Waals surface area contributed by atoms with Gasteiger partial charge in [-0.1, -0.05) is 154 Å². The van der Waals surface area contributed by atoms with Crippen molar-refractivity contribution in [3.8, 4) is 0 Å². The van der Waals surface area contributed by atoms with Gasteiger partial charge in [0.2, 0.25) is 0 Å². The molecule has 0 spiro atoms. The van der Waals surface area contributed by atoms with Crippen molar-refractivity contribution in [1.82, 2.24) is 0 Å². The molecule has 0 saturated carbocycles. The van der Waals surface area contributed by atoms with Crippen molar-refractivity contribution in [1.29, 1.82) is 0 Å². The van der Waals surface area contributed by atoms with Crippen LogP contribution in [0.2, 0.25) is 0 Å². The number of unbranched alkanes of at least 4 members (excludes halogenated alkanes) is 24. The number of ether oxygens (including phenoxy) is 2. The lowest BCUT2D eigenvalue weighted by Crippen LogP contribution is -2.29. The highest BCUT2D eigenvalue weighted by atomic mass is 31.2. The number of phosphoric ester groups is 1. The average Bonchev–Trinajstić information content (AvgIpc) is 3.14. The number of carbonyl (C=O) groups excluding carboxylic acids is 2. The third-order valence-electron chi connectivity index (χ3n) is 9.31. The zero-order chi connectivity index (χ0) is 38.9. The second-order valence-corrected chi connectivity index (χ2v) is 16.0. The molecule has 312 valence electrons. The molecule has 0 aliphatic heterocycles. The van der Waals surface area contributed by atoms with Gasteiger partial charge in [-0.25, -0.2) is 4.57 Å². The first kappa shape index (κ1) is 51.5. The van der Waals surface area contributed by atoms with Crippen molar-refractivity contribution in [2.45, 2.75) is 213 Å². The Bertz CT molecular complexity index is 928. The highest BCUT2D eigenvalue weighted by Gasteiger charge is 2.26. The summed E-state index contributed by atoms with van der Waals surface area (Å²) in [6.45, 7) is 3.72. The van der Waals surface area contributed by atoms with E-state index >= 15 is 0 Å². The quantitative estimate of drug-likeness (QED) is 0.0269. The predicted molar refractivity (Wildman–Crippen MR) is 220 cm³/mol. The van der Waals surface area contributed by atoms with Gasteiger partial charge in [0.05, 0.1) is 13.2 Å². The molecule has 0 aromatic rings. The minimum atomic E-state index is -4.37. The van der Waals surface area contributed by atoms with E-state index in [-0.39, 0.29) is 38.6 Å². The van der Waals surface area contributed by atoms with E-state index in [2.05, 4.69) is 38.2 Å². The lowest BCUT2D eigenvalue weighted by atomic mass is 10.1. The predicted octanol–water partition coefficient (Wildman–Crippen LogP) is 12.4. The smallest absolute Gasteiger partial charge is 0.462 e. The number of allylic oxidation sites excluding steroid dienone is 4. The highest BCUT2D eigenvalue weighted by molar-refractivity contribution is 7.47. The number of carbonyl (C=O) groups is 2. The Morgan fingerprint density at radius 3 is 1.36 bits per heavy atom. The van der Waals surface area contributed by atoms with Gasteiger partial charge in [0.25, 0.3) is 0 Å². The van der Waals surface area contributed by atoms with E-state index in [1.54, 1.807) is 0 Å². The van der Waals surface area contributed by atoms with Crippen LogP contribution >= 0.6 is 7.82 Å². The fraction of sp³-hybridized carbons (Fsp3) is 0.860. The number of hydrogen-bond acceptors (Lipinski definition) is 8. The van der Waals surface area contributed by atoms with Gasteiger partial charge in [0.1, 0.15) is 6.61 Å². The summed E-state index contributed by atoms with van der Waals surface area (Å²) in [6, 6.07) is 0. The van der Waals surface area contributed by atoms with Gasteiger partial charge >= 0.3 is 19.8 Å². The van der Waals surface area contributed by atoms with Crippen LogP contribution in [0.3, 0.4) is 0 Å². The lowest BCUT2D eigenvalue weighted by Gasteiger charge is -2.19. The minimum absolute atomic E-state index is 0.0531. The molecule has 0 radical (unpaired) electrons. The summed E-state index contributed by atoms with van der Waals surface area (Å²) < 4.78 is 32.8. The van der Waals surface area contributed by atoms with Crippen LogP contribution in [-0.4, -0.2) is 49.3 Å². The maximum Gasteiger partial charge on any atom is 0.472 e. The molecule has 0 saturated heterocycles. The molecule has 53 heavy (non-hydrogen) atoms. The summed E-state index contributed by atoms with van der Waals surface area (Å²) in [5, 5.41) is 0. The van der Waals surface area contributed by atoms with Gasteiger partial charge in [-0.15, -0.1) is 0 Å². The van der Waals surface area contributed by atoms with Crippen molar-refractivity contribution in [2.75, 3.05) is 26.4 Å². The summed E-state index contributed by atoms with van der Waals surface area (Å²) in [5.74, 6) is -0.834. The largest absolute Gasteiger partial charge is 0.472 e. The molecular weight excluding hydrogens is 689 g/mol. The Balaban J connectivity index is 4.14. The van der Waals surface area contributed by atoms with Gasteiger partial charge in [-0.2, -0.15) is 0 Å². The van der Waals surface area contributed by atoms with Crippen LogP contribution in [0, 0.1) is 0 Å². The SMILES string of the molecule is CCCCCCC=CCCCCCCCCCC(=O)OC(COC(=O)CCCCCCCCCC=CCCCCCCCC)COP(=O)(O)OCCN. The normalized spacial score (nSPS) is 13.5. The lowest BCUT2D eigenvalue weighted by molar-refractivity contribution is -0.161. The van der Waals surface area contributed by atoms with Crippen LogP contribution in [0.25, 0.3) is 0 Å². The average molecular weight is 772 g/mol. The summed E-state index contributed by atoms with van der Waals surface area (Å²) in [6.07, 6.45) is 42.0. The van der Waals surface area contributed by atoms with Crippen LogP contribution in [0.5, 0.6) is 0 Å². The Labute approximate surface area is 325 Å². The first-order valence-electron chi connectivity index (χ1n) is 21.8. The van der Waals surface area contributed by atoms with Crippen LogP contribution < -0.4 is 5.73 Å². The fourth-order valence-electron chi connectivity index (χ4n) is 6.04. The number of nitrogens with two attached hydrogens (primary N) is 1. The monoisotopic (exact) mass is 772 g/mol. The summed E-state index contributed by atoms with van der Waals surface area (Å²) in [5.41, 5.74) is 5.35. The topological polar surface area (TPSA) is 134 Å². The molecule has 2 unspecified atom stereocenters. The Morgan fingerprint density at radius 1 is 0.547 bits per heavy atom. The third-order valence-corrected chi connectivity index (χ3v) is 10.3. The molecule has 9 nitrogen and oxygen atoms in total. The molecule has 0 aromatic heterocycles. The Hall–Kier alpha value is -1.51. The molecule has 0 bridgehead atoms. The van der Waals surface area contributed by atoms with E-state index in [0.717, 1.165) is 57.8 Å². The van der Waals surface area contributed by atoms with Crippen molar-refractivity contribution in [2.24, 2.45) is 5.73 Å². The van der Waals surface area contributed by atoms with E-state index in [0.29, 0.717) is 6.42 Å². The molecule has 0 rings (SSSR count). The first-order chi connectivity index (χ1) is 25.8. The van der Waals surface area contributed by atoms with Crippen LogP contribution in [-0.2, 0) is 32.7 Å². The highest BCUT2D eigenvalue weighted by Crippen LogP contribution is 2.43. The molecule has 3 N–H and O–H groups in total. The van der Waals surface area contributed by atoms with E-state index in [4.69, 9.17) is 24.3 Å². The minimum Gasteiger partial charge on any atom is -0.462 e. The third kappa shape index (κ3) is 40.0. The van der Waals surface area contributed by atoms with Crippen molar-refractivity contribution in [3.05, 3.63) is 24.3 Å². The van der Waals surface area contributed by atoms with Crippen LogP contribution in [0.15, 0.2) is 24.3 Å². The molecular formula is C43H82NO8P. The Kier molecular flexibility index (Phi) is 39.0. The number of rotatable bonds is 41. The molecule has 0 aliphatic carbocycles. The summed E-state index contributed by atoms with van der Waals surface area (Å²) in [7, 11) is -4.37. The molecule has 0 aromatic carbocycles. The molecule has 0 amide bonds. The first-order valence-corrected chi connectivity index (χ1v) is 23.3. The zero-order valence-electron chi connectivity index (χ0n) is 34.3. The van der Waals surface area contributed by atoms with Gasteiger partial charge in [-0.05, 0) is 64.2 Å². The summed E-state index contributed by atoms with van der Waals surface area (Å²) in [4.78, 5) is 34.9. The van der Waals surface area contributed by atoms with Crippen molar-refractivity contribution < 1.29 is 37.6 Å². The second-order valence-electron chi connectivity index (χ2n) is 14.6. The van der Waals surface area contributed by atoms with E-state index in [1.807, 2.05) is 0 Å². The van der Waals surface area contributed by atoms with Gasteiger partial charge in [-0.3, -0.25) is 18.6 Å². The Morgan fingerprint density at radius 2 is 0.925 bits per heavy atom. The van der Waals surface area contributed by atoms with Gasteiger partial charge in [0, 0.05) is 19.4 Å². The zero-order valence-corrected chi connectivity index (χ0v) is 35.2. The molecule has 0 heterocycles. The number of phosphoric acid groups is 1. The van der Waals surface area contributed by atoms with Gasteiger partial charge in [0.15, 0.2) is 6.10 Å². The standard InChI is InChI=1S/C43H82NO8P/c1-3-5-7-9-11-13-15-17-19-20-22-23-25-27-29-31-33-35-42(45)49-39-41(40-51-53(47,48)50-38-37-44)52-43(46)36-34-32-30-28-26-24-21-18-16-14-12-10-8-6-4-2/h14,16-17,19,41H,3-13,15,18,20-40,44H2,1-2H3,(H,47,48). The number of esters is 2. The van der Waals surface area contributed by atoms with Crippen LogP contribution in [0.1, 0.15) is 206 Å². The molecule has 0 aliphatic rings.